The maximum absolute atomic E-state index is 13.1. The van der Waals surface area contributed by atoms with Crippen LogP contribution in [-0.4, -0.2) is 81.5 Å². The summed E-state index contributed by atoms with van der Waals surface area (Å²) in [6.07, 6.45) is 3.37. The smallest absolute Gasteiger partial charge is 0.275 e. The van der Waals surface area contributed by atoms with Crippen LogP contribution in [0.3, 0.4) is 0 Å². The molecule has 2 aromatic heterocycles. The number of nitrogens with one attached hydrogen (secondary N) is 2. The van der Waals surface area contributed by atoms with Crippen LogP contribution in [0.4, 0.5) is 16.5 Å². The largest absolute Gasteiger partial charge is 0.491 e. The molecule has 5 rings (SSSR count). The second-order valence-corrected chi connectivity index (χ2v) is 9.60. The molecule has 38 heavy (non-hydrogen) atoms. The molecule has 0 atom stereocenters. The van der Waals surface area contributed by atoms with Gasteiger partial charge in [0.15, 0.2) is 5.13 Å². The van der Waals surface area contributed by atoms with Gasteiger partial charge in [0.2, 0.25) is 0 Å². The highest BCUT2D eigenvalue weighted by Gasteiger charge is 2.31. The quantitative estimate of drug-likeness (QED) is 0.355. The molecule has 0 unspecified atom stereocenters. The maximum Gasteiger partial charge on any atom is 0.275 e. The van der Waals surface area contributed by atoms with Crippen molar-refractivity contribution in [2.45, 2.75) is 6.54 Å². The van der Waals surface area contributed by atoms with E-state index >= 15 is 0 Å². The molecule has 2 aliphatic rings. The van der Waals surface area contributed by atoms with E-state index in [1.54, 1.807) is 41.9 Å². The van der Waals surface area contributed by atoms with Crippen molar-refractivity contribution in [1.82, 2.24) is 15.3 Å². The summed E-state index contributed by atoms with van der Waals surface area (Å²) in [5.41, 5.74) is 3.27. The molecule has 0 radical (unpaired) electrons. The van der Waals surface area contributed by atoms with Crippen molar-refractivity contribution in [2.75, 3.05) is 74.8 Å². The summed E-state index contributed by atoms with van der Waals surface area (Å²) in [5.74, 6) is 0.179. The number of carbonyl (C=O) groups excluding carboxylic acids is 2. The highest BCUT2D eigenvalue weighted by Crippen LogP contribution is 2.33. The van der Waals surface area contributed by atoms with Gasteiger partial charge >= 0.3 is 0 Å². The molecule has 4 heterocycles. The Hall–Kier alpha value is -3.58. The molecule has 0 aliphatic carbocycles. The van der Waals surface area contributed by atoms with Gasteiger partial charge in [0.25, 0.3) is 11.8 Å². The van der Waals surface area contributed by atoms with E-state index in [9.17, 15) is 9.59 Å². The Morgan fingerprint density at radius 1 is 1.16 bits per heavy atom. The number of anilines is 3. The molecule has 0 spiro atoms. The van der Waals surface area contributed by atoms with E-state index in [-0.39, 0.29) is 17.5 Å². The molecule has 0 saturated carbocycles. The molecule has 11 nitrogen and oxygen atoms in total. The van der Waals surface area contributed by atoms with Crippen molar-refractivity contribution in [3.8, 4) is 5.75 Å². The minimum atomic E-state index is -0.343. The average molecular weight is 539 g/mol. The lowest BCUT2D eigenvalue weighted by Crippen LogP contribution is -2.43. The van der Waals surface area contributed by atoms with E-state index in [2.05, 4.69) is 25.5 Å². The van der Waals surface area contributed by atoms with Gasteiger partial charge in [-0.3, -0.25) is 19.5 Å². The van der Waals surface area contributed by atoms with Crippen LogP contribution < -0.4 is 25.2 Å². The molecule has 200 valence electrons. The molecule has 1 fully saturated rings. The minimum absolute atomic E-state index is 0.149. The fourth-order valence-electron chi connectivity index (χ4n) is 4.35. The van der Waals surface area contributed by atoms with Gasteiger partial charge in [-0.1, -0.05) is 0 Å². The van der Waals surface area contributed by atoms with Crippen molar-refractivity contribution < 1.29 is 23.8 Å². The van der Waals surface area contributed by atoms with E-state index in [0.717, 1.165) is 37.4 Å². The highest BCUT2D eigenvalue weighted by molar-refractivity contribution is 7.14. The normalized spacial score (nSPS) is 15.0. The van der Waals surface area contributed by atoms with E-state index in [1.165, 1.54) is 11.3 Å². The maximum atomic E-state index is 13.1. The van der Waals surface area contributed by atoms with Gasteiger partial charge in [0.05, 0.1) is 43.9 Å². The lowest BCUT2D eigenvalue weighted by atomic mass is 10.1. The number of fused-ring (bicyclic) bond motifs is 1. The van der Waals surface area contributed by atoms with E-state index in [1.807, 2.05) is 12.1 Å². The second-order valence-electron chi connectivity index (χ2n) is 8.76. The molecular formula is C26H30N6O5S. The fraction of sp³-hybridized carbons (Fsp3) is 0.385. The van der Waals surface area contributed by atoms with Crippen molar-refractivity contribution in [3.63, 3.8) is 0 Å². The van der Waals surface area contributed by atoms with Crippen LogP contribution in [0.25, 0.3) is 0 Å². The molecule has 2 aliphatic heterocycles. The molecule has 2 amide bonds. The van der Waals surface area contributed by atoms with Crippen LogP contribution in [0.1, 0.15) is 26.4 Å². The van der Waals surface area contributed by atoms with Gasteiger partial charge in [0, 0.05) is 50.4 Å². The first-order valence-electron chi connectivity index (χ1n) is 12.4. The Morgan fingerprint density at radius 2 is 2.00 bits per heavy atom. The molecule has 1 aromatic carbocycles. The molecular weight excluding hydrogens is 508 g/mol. The van der Waals surface area contributed by atoms with Crippen LogP contribution in [0.15, 0.2) is 42.0 Å². The number of aromatic nitrogens is 2. The first-order chi connectivity index (χ1) is 18.6. The van der Waals surface area contributed by atoms with Crippen molar-refractivity contribution >= 4 is 39.7 Å². The van der Waals surface area contributed by atoms with Gasteiger partial charge in [-0.2, -0.15) is 0 Å². The van der Waals surface area contributed by atoms with E-state index in [4.69, 9.17) is 14.2 Å². The zero-order valence-corrected chi connectivity index (χ0v) is 22.0. The molecule has 3 aromatic rings. The number of thiazole rings is 1. The predicted molar refractivity (Wildman–Crippen MR) is 145 cm³/mol. The predicted octanol–water partition coefficient (Wildman–Crippen LogP) is 2.40. The Labute approximate surface area is 224 Å². The molecule has 2 N–H and O–H groups in total. The van der Waals surface area contributed by atoms with Crippen LogP contribution in [0, 0.1) is 0 Å². The summed E-state index contributed by atoms with van der Waals surface area (Å²) in [7, 11) is 1.63. The van der Waals surface area contributed by atoms with Gasteiger partial charge in [0.1, 0.15) is 18.1 Å². The first kappa shape index (κ1) is 26.0. The number of nitrogens with zero attached hydrogens (tertiary/aromatic N) is 4. The Kier molecular flexibility index (Phi) is 8.44. The monoisotopic (exact) mass is 538 g/mol. The lowest BCUT2D eigenvalue weighted by Gasteiger charge is -2.30. The summed E-state index contributed by atoms with van der Waals surface area (Å²) in [4.78, 5) is 38.6. The fourth-order valence-corrected chi connectivity index (χ4v) is 5.15. The number of carbonyl (C=O) groups is 2. The zero-order chi connectivity index (χ0) is 26.3. The van der Waals surface area contributed by atoms with Gasteiger partial charge in [-0.15, -0.1) is 11.3 Å². The number of rotatable bonds is 11. The van der Waals surface area contributed by atoms with Crippen molar-refractivity contribution in [3.05, 3.63) is 58.9 Å². The van der Waals surface area contributed by atoms with Crippen LogP contribution in [0.5, 0.6) is 5.75 Å². The number of piperazine rings is 1. The third kappa shape index (κ3) is 5.94. The highest BCUT2D eigenvalue weighted by atomic mass is 32.1. The Balaban J connectivity index is 1.21. The topological polar surface area (TPSA) is 118 Å². The lowest BCUT2D eigenvalue weighted by molar-refractivity contribution is 0.0544. The summed E-state index contributed by atoms with van der Waals surface area (Å²) in [6.45, 7) is 5.73. The van der Waals surface area contributed by atoms with E-state index in [0.29, 0.717) is 55.1 Å². The second kappa shape index (κ2) is 12.3. The van der Waals surface area contributed by atoms with Crippen molar-refractivity contribution in [1.29, 1.82) is 0 Å². The molecule has 12 heteroatoms. The Bertz CT molecular complexity index is 1280. The van der Waals surface area contributed by atoms with Gasteiger partial charge < -0.3 is 29.7 Å². The minimum Gasteiger partial charge on any atom is -0.491 e. The summed E-state index contributed by atoms with van der Waals surface area (Å²) in [5, 5.41) is 8.41. The molecule has 1 saturated heterocycles. The average Bonchev–Trinajstić information content (AvgIpc) is 3.56. The van der Waals surface area contributed by atoms with Gasteiger partial charge in [-0.25, -0.2) is 4.98 Å². The number of hydrogen-bond acceptors (Lipinski definition) is 10. The number of hydrogen-bond donors (Lipinski definition) is 2. The van der Waals surface area contributed by atoms with Crippen LogP contribution in [0.2, 0.25) is 0 Å². The number of ether oxygens (including phenoxy) is 3. The summed E-state index contributed by atoms with van der Waals surface area (Å²) < 4.78 is 16.1. The molecule has 0 bridgehead atoms. The number of benzene rings is 1. The number of pyridine rings is 1. The SMILES string of the molecule is COCCOCCOc1ccc2c(c1)CN(c1nc(C(=O)Nc3cnccc3N3CCNCC3)cs1)C2=O. The first-order valence-corrected chi connectivity index (χ1v) is 13.3. The third-order valence-electron chi connectivity index (χ3n) is 6.27. The summed E-state index contributed by atoms with van der Waals surface area (Å²) in [6, 6.07) is 7.31. The number of amides is 2. The Morgan fingerprint density at radius 3 is 2.84 bits per heavy atom. The van der Waals surface area contributed by atoms with E-state index < -0.39 is 0 Å². The zero-order valence-electron chi connectivity index (χ0n) is 21.1. The standard InChI is InChI=1S/C26H30N6O5S/c1-35-10-11-36-12-13-37-19-2-3-20-18(14-19)16-32(25(20)34)26-30-22(17-38-26)24(33)29-21-15-28-5-4-23(21)31-8-6-27-7-9-31/h2-5,14-15,17,27H,6-13,16H2,1H3,(H,29,33). The summed E-state index contributed by atoms with van der Waals surface area (Å²) >= 11 is 1.26. The van der Waals surface area contributed by atoms with Crippen LogP contribution in [-0.2, 0) is 16.0 Å². The van der Waals surface area contributed by atoms with Crippen LogP contribution >= 0.6 is 11.3 Å². The third-order valence-corrected chi connectivity index (χ3v) is 7.13. The van der Waals surface area contributed by atoms with Crippen molar-refractivity contribution in [2.24, 2.45) is 0 Å². The number of methoxy groups -OCH3 is 1. The van der Waals surface area contributed by atoms with Gasteiger partial charge in [-0.05, 0) is 29.8 Å².